The van der Waals surface area contributed by atoms with Gasteiger partial charge < -0.3 is 39.1 Å². The normalized spacial score (nSPS) is 14.9. The smallest absolute Gasteiger partial charge is 0.251 e. The first-order chi connectivity index (χ1) is 30.0. The maximum Gasteiger partial charge on any atom is 0.251 e. The predicted molar refractivity (Wildman–Crippen MR) is 243 cm³/mol. The van der Waals surface area contributed by atoms with Crippen molar-refractivity contribution in [2.45, 2.75) is 47.6 Å². The van der Waals surface area contributed by atoms with Gasteiger partial charge >= 0.3 is 0 Å². The summed E-state index contributed by atoms with van der Waals surface area (Å²) in [6.45, 7) is 0. The lowest BCUT2D eigenvalue weighted by molar-refractivity contribution is 0.0923. The fourth-order valence-electron chi connectivity index (χ4n) is 8.49. The lowest BCUT2D eigenvalue weighted by atomic mass is 9.95. The van der Waals surface area contributed by atoms with Gasteiger partial charge in [-0.05, 0) is 132 Å². The van der Waals surface area contributed by atoms with Crippen molar-refractivity contribution in [3.8, 4) is 56.8 Å². The predicted octanol–water partition coefficient (Wildman–Crippen LogP) is 8.07. The third-order valence-electron chi connectivity index (χ3n) is 11.5. The van der Waals surface area contributed by atoms with Crippen LogP contribution in [0, 0.1) is 0 Å². The Morgan fingerprint density at radius 2 is 0.887 bits per heavy atom. The summed E-state index contributed by atoms with van der Waals surface area (Å²) in [7, 11) is 9.34. The molecule has 2 amide bonds. The molecule has 0 bridgehead atoms. The number of benzene rings is 3. The first-order valence-electron chi connectivity index (χ1n) is 19.8. The van der Waals surface area contributed by atoms with Gasteiger partial charge in [0.1, 0.15) is 0 Å². The van der Waals surface area contributed by atoms with E-state index in [9.17, 15) is 19.2 Å². The number of carbonyl (C=O) groups excluding carboxylic acids is 2. The minimum Gasteiger partial charge on any atom is -0.493 e. The van der Waals surface area contributed by atoms with Crippen LogP contribution in [0.1, 0.15) is 67.9 Å². The highest BCUT2D eigenvalue weighted by molar-refractivity contribution is 7.98. The van der Waals surface area contributed by atoms with Crippen molar-refractivity contribution in [3.05, 3.63) is 127 Å². The van der Waals surface area contributed by atoms with E-state index < -0.39 is 12.1 Å². The van der Waals surface area contributed by atoms with E-state index in [2.05, 4.69) is 10.6 Å². The van der Waals surface area contributed by atoms with Crippen LogP contribution >= 0.6 is 23.5 Å². The lowest BCUT2D eigenvalue weighted by Gasteiger charge is -2.20. The van der Waals surface area contributed by atoms with Crippen LogP contribution in [0.3, 0.4) is 0 Å². The number of methoxy groups -OCH3 is 6. The van der Waals surface area contributed by atoms with Gasteiger partial charge in [0.05, 0.1) is 64.5 Å². The van der Waals surface area contributed by atoms with Crippen LogP contribution in [0.5, 0.6) is 34.5 Å². The Hall–Kier alpha value is -6.12. The highest BCUT2D eigenvalue weighted by Crippen LogP contribution is 2.52. The van der Waals surface area contributed by atoms with Crippen molar-refractivity contribution in [1.82, 2.24) is 10.6 Å². The lowest BCUT2D eigenvalue weighted by Crippen LogP contribution is -2.30. The van der Waals surface area contributed by atoms with E-state index in [0.717, 1.165) is 33.4 Å². The van der Waals surface area contributed by atoms with Crippen molar-refractivity contribution in [3.63, 3.8) is 0 Å². The molecule has 62 heavy (non-hydrogen) atoms. The molecule has 14 heteroatoms. The first-order valence-corrected chi connectivity index (χ1v) is 22.3. The Kier molecular flexibility index (Phi) is 13.4. The Morgan fingerprint density at radius 3 is 1.21 bits per heavy atom. The van der Waals surface area contributed by atoms with Crippen molar-refractivity contribution in [2.75, 3.05) is 55.2 Å². The number of hydrogen-bond acceptors (Lipinski definition) is 12. The van der Waals surface area contributed by atoms with Crippen LogP contribution in [0.25, 0.3) is 22.3 Å². The molecule has 322 valence electrons. The number of hydrogen-bond donors (Lipinski definition) is 2. The molecule has 0 heterocycles. The molecule has 2 aliphatic rings. The van der Waals surface area contributed by atoms with Gasteiger partial charge in [-0.25, -0.2) is 0 Å². The fraction of sp³-hybridized carbons (Fsp3) is 0.292. The molecule has 7 rings (SSSR count). The second-order valence-electron chi connectivity index (χ2n) is 14.6. The van der Waals surface area contributed by atoms with Crippen LogP contribution in [0.15, 0.2) is 92.2 Å². The van der Waals surface area contributed by atoms with Crippen LogP contribution in [-0.2, 0) is 12.8 Å². The Balaban J connectivity index is 1.19. The summed E-state index contributed by atoms with van der Waals surface area (Å²) in [6, 6.07) is 19.7. The summed E-state index contributed by atoms with van der Waals surface area (Å²) in [5.74, 6) is 2.06. The molecular formula is C48H48N2O10S2. The third-order valence-corrected chi connectivity index (χ3v) is 13.0. The minimum absolute atomic E-state index is 0.167. The minimum atomic E-state index is -0.554. The highest BCUT2D eigenvalue weighted by Gasteiger charge is 2.32. The molecule has 2 N–H and O–H groups in total. The largest absolute Gasteiger partial charge is 0.493 e. The molecule has 5 aromatic rings. The molecule has 2 aliphatic carbocycles. The van der Waals surface area contributed by atoms with Crippen molar-refractivity contribution in [2.24, 2.45) is 0 Å². The molecule has 0 fully saturated rings. The quantitative estimate of drug-likeness (QED) is 0.117. The van der Waals surface area contributed by atoms with Gasteiger partial charge in [-0.15, -0.1) is 23.5 Å². The molecule has 0 saturated carbocycles. The topological polar surface area (TPSA) is 148 Å². The number of nitrogens with one attached hydrogen (secondary N) is 2. The van der Waals surface area contributed by atoms with Gasteiger partial charge in [-0.3, -0.25) is 19.2 Å². The Morgan fingerprint density at radius 1 is 0.516 bits per heavy atom. The highest BCUT2D eigenvalue weighted by atomic mass is 32.2. The zero-order chi connectivity index (χ0) is 44.2. The van der Waals surface area contributed by atoms with E-state index in [1.54, 1.807) is 91.2 Å². The third kappa shape index (κ3) is 8.16. The standard InChI is InChI=1S/C48H48N2O10S2/c1-55-37-21-27-13-17-33(31-23-35(51)39(61-7)19-15-29(31)41(27)45(59-5)43(37)57-3)49-47(53)25-9-11-26(12-10-25)48(54)50-34-18-14-28-22-38(56-2)44(58-4)46(60-6)42(28)30-16-20-40(62-8)36(52)24-32(30)34/h9-12,15-16,19-24,33-34H,13-14,17-18H2,1-8H3,(H,49,53)(H,50,54)/t33-,34-/m0/s1. The molecular weight excluding hydrogens is 829 g/mol. The van der Waals surface area contributed by atoms with Crippen LogP contribution in [0.2, 0.25) is 0 Å². The molecule has 0 saturated heterocycles. The average Bonchev–Trinajstić information content (AvgIpc) is 3.69. The second kappa shape index (κ2) is 18.9. The number of rotatable bonds is 12. The number of carbonyl (C=O) groups is 2. The molecule has 0 radical (unpaired) electrons. The number of fused-ring (bicyclic) bond motifs is 6. The van der Waals surface area contributed by atoms with E-state index in [1.807, 2.05) is 36.8 Å². The van der Waals surface area contributed by atoms with Gasteiger partial charge in [0, 0.05) is 22.3 Å². The Labute approximate surface area is 368 Å². The maximum atomic E-state index is 14.0. The van der Waals surface area contributed by atoms with Gasteiger partial charge in [-0.1, -0.05) is 12.1 Å². The van der Waals surface area contributed by atoms with Gasteiger partial charge in [0.15, 0.2) is 33.9 Å². The summed E-state index contributed by atoms with van der Waals surface area (Å²) in [5.41, 5.74) is 6.43. The number of ether oxygens (including phenoxy) is 6. The molecule has 0 unspecified atom stereocenters. The zero-order valence-electron chi connectivity index (χ0n) is 35.8. The molecule has 0 spiro atoms. The van der Waals surface area contributed by atoms with Crippen molar-refractivity contribution < 1.29 is 38.0 Å². The van der Waals surface area contributed by atoms with Gasteiger partial charge in [0.2, 0.25) is 11.5 Å². The molecule has 0 aromatic heterocycles. The second-order valence-corrected chi connectivity index (χ2v) is 16.3. The molecule has 5 aromatic carbocycles. The summed E-state index contributed by atoms with van der Waals surface area (Å²) < 4.78 is 34.6. The number of thioether (sulfide) groups is 2. The monoisotopic (exact) mass is 876 g/mol. The summed E-state index contributed by atoms with van der Waals surface area (Å²) >= 11 is 2.69. The first kappa shape index (κ1) is 44.0. The van der Waals surface area contributed by atoms with E-state index in [-0.39, 0.29) is 22.7 Å². The van der Waals surface area contributed by atoms with Crippen molar-refractivity contribution in [1.29, 1.82) is 0 Å². The summed E-state index contributed by atoms with van der Waals surface area (Å²) in [4.78, 5) is 56.1. The number of amides is 2. The summed E-state index contributed by atoms with van der Waals surface area (Å²) in [5, 5.41) is 6.35. The van der Waals surface area contributed by atoms with Crippen LogP contribution in [-0.4, -0.2) is 67.0 Å². The average molecular weight is 877 g/mol. The van der Waals surface area contributed by atoms with Gasteiger partial charge in [0.25, 0.3) is 11.8 Å². The number of aryl methyl sites for hydroxylation is 2. The Bertz CT molecular complexity index is 2510. The maximum absolute atomic E-state index is 14.0. The fourth-order valence-corrected chi connectivity index (χ4v) is 9.42. The van der Waals surface area contributed by atoms with Gasteiger partial charge in [-0.2, -0.15) is 0 Å². The van der Waals surface area contributed by atoms with Crippen molar-refractivity contribution >= 4 is 35.3 Å². The molecule has 0 aliphatic heterocycles. The van der Waals surface area contributed by atoms with E-state index in [0.29, 0.717) is 92.2 Å². The molecule has 2 atom stereocenters. The van der Waals surface area contributed by atoms with E-state index in [4.69, 9.17) is 28.4 Å². The molecule has 12 nitrogen and oxygen atoms in total. The van der Waals surface area contributed by atoms with Crippen LogP contribution < -0.4 is 49.9 Å². The van der Waals surface area contributed by atoms with E-state index in [1.165, 1.54) is 23.5 Å². The van der Waals surface area contributed by atoms with Crippen LogP contribution in [0.4, 0.5) is 0 Å². The SMILES string of the molecule is COc1cc2c(c(OC)c1OC)-c1ccc(SC)c(=O)cc1[C@@H](NC(=O)c1ccc(C(=O)N[C@H]3CCc4cc(OC)c(OC)c(OC)c4-c4ccc(SC)c(=O)cc43)cc1)CC2. The van der Waals surface area contributed by atoms with E-state index >= 15 is 0 Å². The zero-order valence-corrected chi connectivity index (χ0v) is 37.4. The summed E-state index contributed by atoms with van der Waals surface area (Å²) in [6.07, 6.45) is 5.71.